The predicted octanol–water partition coefficient (Wildman–Crippen LogP) is 2.06. The molecule has 1 N–H and O–H groups in total. The molecule has 5 heteroatoms. The first kappa shape index (κ1) is 13.7. The largest absolute Gasteiger partial charge is 0.389 e. The number of ether oxygens (including phenoxy) is 1. The summed E-state index contributed by atoms with van der Waals surface area (Å²) >= 11 is 5.98. The molecular weight excluding hydrogens is 257 g/mol. The molecule has 1 aliphatic heterocycles. The molecule has 0 aromatic heterocycles. The summed E-state index contributed by atoms with van der Waals surface area (Å²) < 4.78 is 18.4. The fraction of sp³-hybridized carbons (Fsp3) is 0.538. The Balaban J connectivity index is 1.98. The van der Waals surface area contributed by atoms with Crippen molar-refractivity contribution in [2.24, 2.45) is 0 Å². The fourth-order valence-corrected chi connectivity index (χ4v) is 2.46. The van der Waals surface area contributed by atoms with E-state index in [0.29, 0.717) is 31.3 Å². The molecule has 1 fully saturated rings. The number of rotatable bonds is 4. The zero-order valence-corrected chi connectivity index (χ0v) is 11.0. The first-order chi connectivity index (χ1) is 8.60. The van der Waals surface area contributed by atoms with Gasteiger partial charge in [0.2, 0.25) is 0 Å². The van der Waals surface area contributed by atoms with E-state index < -0.39 is 6.10 Å². The second-order valence-electron chi connectivity index (χ2n) is 4.49. The smallest absolute Gasteiger partial charge is 0.124 e. The summed E-state index contributed by atoms with van der Waals surface area (Å²) in [4.78, 5) is 2.06. The Morgan fingerprint density at radius 3 is 2.94 bits per heavy atom. The van der Waals surface area contributed by atoms with Crippen molar-refractivity contribution in [2.45, 2.75) is 25.7 Å². The van der Waals surface area contributed by atoms with E-state index in [0.717, 1.165) is 5.56 Å². The number of halogens is 2. The minimum atomic E-state index is -0.468. The van der Waals surface area contributed by atoms with Crippen LogP contribution in [0.2, 0.25) is 5.02 Å². The average Bonchev–Trinajstić information content (AvgIpc) is 2.64. The van der Waals surface area contributed by atoms with Crippen molar-refractivity contribution in [3.63, 3.8) is 0 Å². The molecule has 2 rings (SSSR count). The molecule has 0 aliphatic carbocycles. The summed E-state index contributed by atoms with van der Waals surface area (Å²) in [6.07, 6.45) is -0.613. The van der Waals surface area contributed by atoms with Crippen LogP contribution in [0.5, 0.6) is 0 Å². The molecule has 1 saturated heterocycles. The fourth-order valence-electron chi connectivity index (χ4n) is 2.23. The standard InChI is InChI=1S/C13H17ClFNO2/c1-2-18-13-8-16(7-12(13)17)6-9-3-4-10(15)5-11(9)14/h3-5,12-13,17H,2,6-8H2,1H3. The topological polar surface area (TPSA) is 32.7 Å². The Labute approximate surface area is 111 Å². The number of hydrogen-bond donors (Lipinski definition) is 1. The minimum Gasteiger partial charge on any atom is -0.389 e. The molecule has 0 spiro atoms. The maximum atomic E-state index is 12.9. The van der Waals surface area contributed by atoms with Crippen LogP contribution in [0.15, 0.2) is 18.2 Å². The third kappa shape index (κ3) is 3.20. The van der Waals surface area contributed by atoms with Crippen LogP contribution in [0, 0.1) is 5.82 Å². The normalized spacial score (nSPS) is 24.7. The summed E-state index contributed by atoms with van der Waals surface area (Å²) in [6, 6.07) is 4.38. The first-order valence-electron chi connectivity index (χ1n) is 6.06. The number of β-amino-alcohol motifs (C(OH)–C–C–N with tert-alkyl or cyclic N) is 1. The van der Waals surface area contributed by atoms with Gasteiger partial charge in [0, 0.05) is 31.3 Å². The van der Waals surface area contributed by atoms with Gasteiger partial charge in [0.1, 0.15) is 5.82 Å². The number of aliphatic hydroxyl groups is 1. The highest BCUT2D eigenvalue weighted by molar-refractivity contribution is 6.31. The van der Waals surface area contributed by atoms with Gasteiger partial charge in [-0.25, -0.2) is 4.39 Å². The van der Waals surface area contributed by atoms with E-state index in [2.05, 4.69) is 4.90 Å². The van der Waals surface area contributed by atoms with Crippen molar-refractivity contribution in [3.8, 4) is 0 Å². The highest BCUT2D eigenvalue weighted by Crippen LogP contribution is 2.22. The minimum absolute atomic E-state index is 0.144. The first-order valence-corrected chi connectivity index (χ1v) is 6.44. The van der Waals surface area contributed by atoms with Gasteiger partial charge in [-0.1, -0.05) is 17.7 Å². The molecule has 1 heterocycles. The van der Waals surface area contributed by atoms with E-state index >= 15 is 0 Å². The van der Waals surface area contributed by atoms with Crippen LogP contribution in [-0.2, 0) is 11.3 Å². The Morgan fingerprint density at radius 1 is 1.50 bits per heavy atom. The number of aliphatic hydroxyl groups excluding tert-OH is 1. The molecule has 100 valence electrons. The van der Waals surface area contributed by atoms with Crippen LogP contribution < -0.4 is 0 Å². The van der Waals surface area contributed by atoms with Crippen molar-refractivity contribution in [1.82, 2.24) is 4.90 Å². The van der Waals surface area contributed by atoms with Gasteiger partial charge in [-0.3, -0.25) is 4.90 Å². The van der Waals surface area contributed by atoms with Crippen molar-refractivity contribution in [2.75, 3.05) is 19.7 Å². The molecule has 0 bridgehead atoms. The van der Waals surface area contributed by atoms with E-state index in [9.17, 15) is 9.50 Å². The lowest BCUT2D eigenvalue weighted by atomic mass is 10.2. The molecule has 2 unspecified atom stereocenters. The number of benzene rings is 1. The number of hydrogen-bond acceptors (Lipinski definition) is 3. The zero-order valence-electron chi connectivity index (χ0n) is 10.3. The van der Waals surface area contributed by atoms with Gasteiger partial charge in [0.05, 0.1) is 12.2 Å². The lowest BCUT2D eigenvalue weighted by Crippen LogP contribution is -2.26. The Morgan fingerprint density at radius 2 is 2.28 bits per heavy atom. The molecule has 3 nitrogen and oxygen atoms in total. The van der Waals surface area contributed by atoms with Crippen LogP contribution in [0.4, 0.5) is 4.39 Å². The van der Waals surface area contributed by atoms with Gasteiger partial charge < -0.3 is 9.84 Å². The SMILES string of the molecule is CCOC1CN(Cc2ccc(F)cc2Cl)CC1O. The molecular formula is C13H17ClFNO2. The molecule has 1 aromatic rings. The monoisotopic (exact) mass is 273 g/mol. The van der Waals surface area contributed by atoms with E-state index in [4.69, 9.17) is 16.3 Å². The Hall–Kier alpha value is -0.680. The molecule has 18 heavy (non-hydrogen) atoms. The molecule has 1 aromatic carbocycles. The Bertz CT molecular complexity index is 416. The second kappa shape index (κ2) is 5.97. The van der Waals surface area contributed by atoms with Crippen LogP contribution in [0.1, 0.15) is 12.5 Å². The summed E-state index contributed by atoms with van der Waals surface area (Å²) in [5.74, 6) is -0.336. The lowest BCUT2D eigenvalue weighted by molar-refractivity contribution is -0.00245. The van der Waals surface area contributed by atoms with E-state index in [-0.39, 0.29) is 11.9 Å². The lowest BCUT2D eigenvalue weighted by Gasteiger charge is -2.16. The van der Waals surface area contributed by atoms with Crippen molar-refractivity contribution >= 4 is 11.6 Å². The summed E-state index contributed by atoms with van der Waals surface area (Å²) in [7, 11) is 0. The van der Waals surface area contributed by atoms with E-state index in [1.165, 1.54) is 12.1 Å². The predicted molar refractivity (Wildman–Crippen MR) is 68.1 cm³/mol. The number of nitrogens with zero attached hydrogens (tertiary/aromatic N) is 1. The third-order valence-corrected chi connectivity index (χ3v) is 3.45. The van der Waals surface area contributed by atoms with Gasteiger partial charge in [0.15, 0.2) is 0 Å². The maximum absolute atomic E-state index is 12.9. The molecule has 2 atom stereocenters. The summed E-state index contributed by atoms with van der Waals surface area (Å²) in [6.45, 7) is 4.32. The molecule has 0 amide bonds. The van der Waals surface area contributed by atoms with Gasteiger partial charge in [-0.2, -0.15) is 0 Å². The van der Waals surface area contributed by atoms with Gasteiger partial charge in [-0.05, 0) is 24.6 Å². The van der Waals surface area contributed by atoms with Crippen molar-refractivity contribution < 1.29 is 14.2 Å². The summed E-state index contributed by atoms with van der Waals surface area (Å²) in [5.41, 5.74) is 0.863. The molecule has 1 aliphatic rings. The van der Waals surface area contributed by atoms with Gasteiger partial charge >= 0.3 is 0 Å². The van der Waals surface area contributed by atoms with E-state index in [1.54, 1.807) is 6.07 Å². The quantitative estimate of drug-likeness (QED) is 0.912. The van der Waals surface area contributed by atoms with Crippen LogP contribution in [0.25, 0.3) is 0 Å². The second-order valence-corrected chi connectivity index (χ2v) is 4.90. The zero-order chi connectivity index (χ0) is 13.1. The van der Waals surface area contributed by atoms with Crippen LogP contribution in [0.3, 0.4) is 0 Å². The van der Waals surface area contributed by atoms with Gasteiger partial charge in [-0.15, -0.1) is 0 Å². The molecule has 0 saturated carbocycles. The maximum Gasteiger partial charge on any atom is 0.124 e. The highest BCUT2D eigenvalue weighted by atomic mass is 35.5. The van der Waals surface area contributed by atoms with Crippen molar-refractivity contribution in [3.05, 3.63) is 34.6 Å². The van der Waals surface area contributed by atoms with Crippen LogP contribution in [-0.4, -0.2) is 41.9 Å². The van der Waals surface area contributed by atoms with Crippen molar-refractivity contribution in [1.29, 1.82) is 0 Å². The van der Waals surface area contributed by atoms with Gasteiger partial charge in [0.25, 0.3) is 0 Å². The van der Waals surface area contributed by atoms with E-state index in [1.807, 2.05) is 6.92 Å². The van der Waals surface area contributed by atoms with Crippen LogP contribution >= 0.6 is 11.6 Å². The number of likely N-dealkylation sites (tertiary alicyclic amines) is 1. The Kier molecular flexibility index (Phi) is 4.56. The third-order valence-electron chi connectivity index (χ3n) is 3.10. The molecule has 0 radical (unpaired) electrons. The highest BCUT2D eigenvalue weighted by Gasteiger charge is 2.31. The average molecular weight is 274 g/mol. The summed E-state index contributed by atoms with van der Waals surface area (Å²) in [5, 5.41) is 10.2.